The van der Waals surface area contributed by atoms with E-state index in [1.165, 1.54) is 4.88 Å². The molecule has 0 aliphatic carbocycles. The van der Waals surface area contributed by atoms with Crippen molar-refractivity contribution >= 4 is 17.2 Å². The molecule has 0 spiro atoms. The van der Waals surface area contributed by atoms with Gasteiger partial charge in [-0.1, -0.05) is 6.92 Å². The zero-order valence-electron chi connectivity index (χ0n) is 11.4. The van der Waals surface area contributed by atoms with Gasteiger partial charge in [-0.15, -0.1) is 11.3 Å². The van der Waals surface area contributed by atoms with Gasteiger partial charge in [-0.25, -0.2) is 4.98 Å². The summed E-state index contributed by atoms with van der Waals surface area (Å²) in [5, 5.41) is 7.29. The van der Waals surface area contributed by atoms with E-state index in [9.17, 15) is 4.79 Å². The molecular formula is C13H21N3OS. The van der Waals surface area contributed by atoms with Crippen LogP contribution in [0.25, 0.3) is 0 Å². The quantitative estimate of drug-likeness (QED) is 0.872. The van der Waals surface area contributed by atoms with E-state index < -0.39 is 0 Å². The maximum Gasteiger partial charge on any atom is 0.223 e. The van der Waals surface area contributed by atoms with E-state index in [2.05, 4.69) is 15.6 Å². The maximum atomic E-state index is 12.2. The summed E-state index contributed by atoms with van der Waals surface area (Å²) >= 11 is 1.64. The lowest BCUT2D eigenvalue weighted by Crippen LogP contribution is -2.52. The molecule has 0 aromatic carbocycles. The summed E-state index contributed by atoms with van der Waals surface area (Å²) in [5.41, 5.74) is -0.387. The Labute approximate surface area is 112 Å². The first-order chi connectivity index (χ1) is 8.40. The minimum atomic E-state index is -0.387. The Morgan fingerprint density at radius 3 is 2.72 bits per heavy atom. The SMILES string of the molecule is Cc1cnc(C(C)(C)NC(=O)C(C)C2CNC2)s1. The van der Waals surface area contributed by atoms with Crippen molar-refractivity contribution in [2.24, 2.45) is 11.8 Å². The van der Waals surface area contributed by atoms with Crippen molar-refractivity contribution in [2.75, 3.05) is 13.1 Å². The van der Waals surface area contributed by atoms with Crippen molar-refractivity contribution in [1.29, 1.82) is 0 Å². The van der Waals surface area contributed by atoms with E-state index >= 15 is 0 Å². The van der Waals surface area contributed by atoms with Gasteiger partial charge in [0.15, 0.2) is 0 Å². The molecule has 18 heavy (non-hydrogen) atoms. The van der Waals surface area contributed by atoms with Crippen molar-refractivity contribution in [3.63, 3.8) is 0 Å². The molecule has 0 bridgehead atoms. The maximum absolute atomic E-state index is 12.2. The molecule has 0 saturated carbocycles. The number of hydrogen-bond acceptors (Lipinski definition) is 4. The van der Waals surface area contributed by atoms with Crippen molar-refractivity contribution in [3.8, 4) is 0 Å². The number of carbonyl (C=O) groups is 1. The molecule has 1 fully saturated rings. The normalized spacial score (nSPS) is 18.2. The molecule has 1 aliphatic rings. The Bertz CT molecular complexity index is 437. The van der Waals surface area contributed by atoms with Crippen molar-refractivity contribution in [2.45, 2.75) is 33.2 Å². The first kappa shape index (κ1) is 13.5. The highest BCUT2D eigenvalue weighted by molar-refractivity contribution is 7.11. The Hall–Kier alpha value is -0.940. The highest BCUT2D eigenvalue weighted by Gasteiger charge is 2.33. The van der Waals surface area contributed by atoms with E-state index in [1.54, 1.807) is 11.3 Å². The molecule has 1 aliphatic heterocycles. The summed E-state index contributed by atoms with van der Waals surface area (Å²) in [7, 11) is 0. The van der Waals surface area contributed by atoms with Gasteiger partial charge in [-0.2, -0.15) is 0 Å². The molecule has 1 saturated heterocycles. The number of nitrogens with one attached hydrogen (secondary N) is 2. The van der Waals surface area contributed by atoms with Gasteiger partial charge in [0.05, 0.1) is 5.54 Å². The van der Waals surface area contributed by atoms with Crippen LogP contribution in [0, 0.1) is 18.8 Å². The van der Waals surface area contributed by atoms with Gasteiger partial charge in [0.1, 0.15) is 5.01 Å². The van der Waals surface area contributed by atoms with Gasteiger partial charge >= 0.3 is 0 Å². The largest absolute Gasteiger partial charge is 0.344 e. The zero-order chi connectivity index (χ0) is 13.3. The van der Waals surface area contributed by atoms with Crippen LogP contribution >= 0.6 is 11.3 Å². The van der Waals surface area contributed by atoms with Crippen LogP contribution in [0.15, 0.2) is 6.20 Å². The van der Waals surface area contributed by atoms with Gasteiger partial charge in [0, 0.05) is 17.0 Å². The molecule has 1 atom stereocenters. The van der Waals surface area contributed by atoms with E-state index in [0.717, 1.165) is 18.1 Å². The smallest absolute Gasteiger partial charge is 0.223 e. The molecule has 100 valence electrons. The third-order valence-corrected chi connectivity index (χ3v) is 4.76. The number of nitrogens with zero attached hydrogens (tertiary/aromatic N) is 1. The van der Waals surface area contributed by atoms with Crippen LogP contribution in [-0.2, 0) is 10.3 Å². The summed E-state index contributed by atoms with van der Waals surface area (Å²) in [5.74, 6) is 0.657. The van der Waals surface area contributed by atoms with Crippen molar-refractivity contribution in [3.05, 3.63) is 16.1 Å². The molecule has 1 aromatic heterocycles. The second-order valence-electron chi connectivity index (χ2n) is 5.60. The van der Waals surface area contributed by atoms with Crippen LogP contribution < -0.4 is 10.6 Å². The molecule has 0 radical (unpaired) electrons. The number of hydrogen-bond donors (Lipinski definition) is 2. The number of amides is 1. The number of carbonyl (C=O) groups excluding carboxylic acids is 1. The monoisotopic (exact) mass is 267 g/mol. The van der Waals surface area contributed by atoms with Gasteiger partial charge in [0.2, 0.25) is 5.91 Å². The lowest BCUT2D eigenvalue weighted by Gasteiger charge is -2.34. The lowest BCUT2D eigenvalue weighted by atomic mass is 9.87. The summed E-state index contributed by atoms with van der Waals surface area (Å²) in [6.45, 7) is 9.95. The van der Waals surface area contributed by atoms with Crippen molar-refractivity contribution < 1.29 is 4.79 Å². The minimum Gasteiger partial charge on any atom is -0.344 e. The Morgan fingerprint density at radius 1 is 1.61 bits per heavy atom. The van der Waals surface area contributed by atoms with Crippen LogP contribution in [0.1, 0.15) is 30.7 Å². The highest BCUT2D eigenvalue weighted by Crippen LogP contribution is 2.26. The average Bonchev–Trinajstić information content (AvgIpc) is 2.62. The highest BCUT2D eigenvalue weighted by atomic mass is 32.1. The van der Waals surface area contributed by atoms with E-state index in [4.69, 9.17) is 0 Å². The molecule has 2 N–H and O–H groups in total. The summed E-state index contributed by atoms with van der Waals surface area (Å²) in [6.07, 6.45) is 1.85. The standard InChI is InChI=1S/C13H21N3OS/c1-8-5-15-12(18-8)13(3,4)16-11(17)9(2)10-6-14-7-10/h5,9-10,14H,6-7H2,1-4H3,(H,16,17). The summed E-state index contributed by atoms with van der Waals surface area (Å²) in [6, 6.07) is 0. The van der Waals surface area contributed by atoms with Crippen molar-refractivity contribution in [1.82, 2.24) is 15.6 Å². The predicted molar refractivity (Wildman–Crippen MR) is 73.5 cm³/mol. The fourth-order valence-corrected chi connectivity index (χ4v) is 2.82. The lowest BCUT2D eigenvalue weighted by molar-refractivity contribution is -0.128. The van der Waals surface area contributed by atoms with Crippen LogP contribution in [0.3, 0.4) is 0 Å². The zero-order valence-corrected chi connectivity index (χ0v) is 12.2. The molecule has 1 amide bonds. The number of aromatic nitrogens is 1. The Morgan fingerprint density at radius 2 is 2.28 bits per heavy atom. The van der Waals surface area contributed by atoms with E-state index in [-0.39, 0.29) is 17.4 Å². The fourth-order valence-electron chi connectivity index (χ4n) is 2.00. The summed E-state index contributed by atoms with van der Waals surface area (Å²) < 4.78 is 0. The number of thiazole rings is 1. The van der Waals surface area contributed by atoms with Crippen LogP contribution in [0.2, 0.25) is 0 Å². The first-order valence-electron chi connectivity index (χ1n) is 6.36. The minimum absolute atomic E-state index is 0.0617. The molecule has 5 heteroatoms. The number of aryl methyl sites for hydroxylation is 1. The van der Waals surface area contributed by atoms with Gasteiger partial charge in [-0.05, 0) is 39.8 Å². The fraction of sp³-hybridized carbons (Fsp3) is 0.692. The van der Waals surface area contributed by atoms with Crippen LogP contribution in [-0.4, -0.2) is 24.0 Å². The number of rotatable bonds is 4. The van der Waals surface area contributed by atoms with E-state index in [1.807, 2.05) is 33.9 Å². The third-order valence-electron chi connectivity index (χ3n) is 3.53. The van der Waals surface area contributed by atoms with E-state index in [0.29, 0.717) is 5.92 Å². The first-order valence-corrected chi connectivity index (χ1v) is 7.17. The Balaban J connectivity index is 2.00. The van der Waals surface area contributed by atoms with Gasteiger partial charge in [-0.3, -0.25) is 4.79 Å². The predicted octanol–water partition coefficient (Wildman–Crippen LogP) is 1.66. The molecular weight excluding hydrogens is 246 g/mol. The Kier molecular flexibility index (Phi) is 3.73. The van der Waals surface area contributed by atoms with Crippen LogP contribution in [0.4, 0.5) is 0 Å². The average molecular weight is 267 g/mol. The second kappa shape index (κ2) is 4.97. The molecule has 1 unspecified atom stereocenters. The van der Waals surface area contributed by atoms with Gasteiger partial charge in [0.25, 0.3) is 0 Å². The van der Waals surface area contributed by atoms with Gasteiger partial charge < -0.3 is 10.6 Å². The molecule has 4 nitrogen and oxygen atoms in total. The molecule has 2 heterocycles. The second-order valence-corrected chi connectivity index (χ2v) is 6.83. The topological polar surface area (TPSA) is 54.0 Å². The summed E-state index contributed by atoms with van der Waals surface area (Å²) in [4.78, 5) is 17.8. The molecule has 2 rings (SSSR count). The molecule has 1 aromatic rings. The van der Waals surface area contributed by atoms with Crippen LogP contribution in [0.5, 0.6) is 0 Å². The third kappa shape index (κ3) is 2.72.